The van der Waals surface area contributed by atoms with E-state index in [1.807, 2.05) is 26.0 Å². The van der Waals surface area contributed by atoms with Crippen molar-refractivity contribution >= 4 is 22.8 Å². The fourth-order valence-corrected chi connectivity index (χ4v) is 2.83. The van der Waals surface area contributed by atoms with E-state index >= 15 is 0 Å². The van der Waals surface area contributed by atoms with Crippen LogP contribution in [0.25, 0.3) is 11.0 Å². The Bertz CT molecular complexity index is 764. The number of nitrogens with zero attached hydrogens (tertiary/aromatic N) is 1. The number of aryl methyl sites for hydroxylation is 2. The van der Waals surface area contributed by atoms with E-state index in [2.05, 4.69) is 0 Å². The van der Waals surface area contributed by atoms with Crippen molar-refractivity contribution in [1.82, 2.24) is 4.90 Å². The summed E-state index contributed by atoms with van der Waals surface area (Å²) in [5.74, 6) is -1.15. The van der Waals surface area contributed by atoms with Gasteiger partial charge in [-0.1, -0.05) is 12.1 Å². The number of rotatable bonds is 3. The minimum Gasteiger partial charge on any atom is -0.479 e. The number of aliphatic carboxylic acids is 1. The zero-order chi connectivity index (χ0) is 16.6. The maximum Gasteiger partial charge on any atom is 0.334 e. The molecule has 0 aliphatic carbocycles. The fourth-order valence-electron chi connectivity index (χ4n) is 2.83. The van der Waals surface area contributed by atoms with Crippen molar-refractivity contribution in [1.29, 1.82) is 0 Å². The maximum atomic E-state index is 12.5. The highest BCUT2D eigenvalue weighted by Gasteiger charge is 2.29. The van der Waals surface area contributed by atoms with Crippen LogP contribution in [-0.4, -0.2) is 47.7 Å². The number of ether oxygens (including phenoxy) is 1. The summed E-state index contributed by atoms with van der Waals surface area (Å²) in [5, 5.41) is 9.95. The van der Waals surface area contributed by atoms with Crippen molar-refractivity contribution in [3.8, 4) is 0 Å². The molecule has 3 rings (SSSR count). The number of carbonyl (C=O) groups is 2. The number of carbonyl (C=O) groups excluding carboxylic acids is 1. The van der Waals surface area contributed by atoms with E-state index < -0.39 is 12.1 Å². The predicted octanol–water partition coefficient (Wildman–Crippen LogP) is 1.90. The van der Waals surface area contributed by atoms with Crippen molar-refractivity contribution in [2.24, 2.45) is 0 Å². The van der Waals surface area contributed by atoms with Crippen LogP contribution in [0.1, 0.15) is 16.7 Å². The second-order valence-electron chi connectivity index (χ2n) is 5.86. The summed E-state index contributed by atoms with van der Waals surface area (Å²) in [5.41, 5.74) is 3.84. The van der Waals surface area contributed by atoms with Crippen LogP contribution >= 0.6 is 0 Å². The zero-order valence-electron chi connectivity index (χ0n) is 13.2. The van der Waals surface area contributed by atoms with Crippen molar-refractivity contribution in [2.75, 3.05) is 19.7 Å². The standard InChI is InChI=1S/C17H19NO5/c1-10-3-4-13-12(9-23-16(13)11(10)2)7-15(19)18-5-6-22-14(8-18)17(20)21/h3-4,9,14H,5-8H2,1-2H3,(H,20,21)/t14-/m0/s1. The van der Waals surface area contributed by atoms with Crippen LogP contribution in [0.2, 0.25) is 0 Å². The van der Waals surface area contributed by atoms with Gasteiger partial charge in [0, 0.05) is 17.5 Å². The summed E-state index contributed by atoms with van der Waals surface area (Å²) < 4.78 is 10.8. The van der Waals surface area contributed by atoms with Crippen molar-refractivity contribution < 1.29 is 23.8 Å². The number of hydrogen-bond acceptors (Lipinski definition) is 4. The molecule has 0 saturated carbocycles. The molecule has 2 aromatic rings. The number of amides is 1. The van der Waals surface area contributed by atoms with Crippen LogP contribution in [0, 0.1) is 13.8 Å². The summed E-state index contributed by atoms with van der Waals surface area (Å²) in [6, 6.07) is 3.97. The van der Waals surface area contributed by atoms with Gasteiger partial charge in [-0.25, -0.2) is 4.79 Å². The third kappa shape index (κ3) is 2.94. The van der Waals surface area contributed by atoms with Gasteiger partial charge in [0.1, 0.15) is 5.58 Å². The summed E-state index contributed by atoms with van der Waals surface area (Å²) in [4.78, 5) is 25.0. The first kappa shape index (κ1) is 15.6. The molecule has 0 unspecified atom stereocenters. The lowest BCUT2D eigenvalue weighted by Crippen LogP contribution is -2.49. The molecular weight excluding hydrogens is 298 g/mol. The first-order valence-electron chi connectivity index (χ1n) is 7.56. The largest absolute Gasteiger partial charge is 0.479 e. The quantitative estimate of drug-likeness (QED) is 0.935. The lowest BCUT2D eigenvalue weighted by molar-refractivity contribution is -0.159. The number of furan rings is 1. The molecule has 122 valence electrons. The second kappa shape index (κ2) is 6.04. The molecule has 6 heteroatoms. The summed E-state index contributed by atoms with van der Waals surface area (Å²) in [7, 11) is 0. The number of morpholine rings is 1. The molecule has 0 radical (unpaired) electrons. The predicted molar refractivity (Wildman–Crippen MR) is 83.3 cm³/mol. The number of fused-ring (bicyclic) bond motifs is 1. The van der Waals surface area contributed by atoms with Gasteiger partial charge in [-0.15, -0.1) is 0 Å². The molecule has 1 aliphatic heterocycles. The van der Waals surface area contributed by atoms with E-state index in [0.717, 1.165) is 27.7 Å². The molecule has 1 saturated heterocycles. The molecule has 23 heavy (non-hydrogen) atoms. The Morgan fingerprint density at radius 1 is 1.35 bits per heavy atom. The Labute approximate surface area is 133 Å². The van der Waals surface area contributed by atoms with Gasteiger partial charge >= 0.3 is 5.97 Å². The van der Waals surface area contributed by atoms with Crippen molar-refractivity contribution in [3.05, 3.63) is 35.1 Å². The molecule has 1 amide bonds. The third-order valence-corrected chi connectivity index (χ3v) is 4.38. The van der Waals surface area contributed by atoms with Crippen LogP contribution in [0.15, 0.2) is 22.8 Å². The van der Waals surface area contributed by atoms with Crippen LogP contribution in [0.5, 0.6) is 0 Å². The second-order valence-corrected chi connectivity index (χ2v) is 5.86. The molecule has 1 fully saturated rings. The Morgan fingerprint density at radius 2 is 2.13 bits per heavy atom. The summed E-state index contributed by atoms with van der Waals surface area (Å²) in [6.07, 6.45) is 0.866. The van der Waals surface area contributed by atoms with Gasteiger partial charge in [0.2, 0.25) is 5.91 Å². The van der Waals surface area contributed by atoms with Crippen molar-refractivity contribution in [2.45, 2.75) is 26.4 Å². The minimum absolute atomic E-state index is 0.0854. The Morgan fingerprint density at radius 3 is 2.87 bits per heavy atom. The fraction of sp³-hybridized carbons (Fsp3) is 0.412. The van der Waals surface area contributed by atoms with Gasteiger partial charge in [-0.05, 0) is 25.0 Å². The highest BCUT2D eigenvalue weighted by Crippen LogP contribution is 2.27. The van der Waals surface area contributed by atoms with E-state index in [-0.39, 0.29) is 25.5 Å². The SMILES string of the molecule is Cc1ccc2c(CC(=O)N3CCO[C@H](C(=O)O)C3)coc2c1C. The molecule has 1 aromatic heterocycles. The van der Waals surface area contributed by atoms with E-state index in [1.54, 1.807) is 11.2 Å². The smallest absolute Gasteiger partial charge is 0.334 e. The van der Waals surface area contributed by atoms with Crippen LogP contribution in [-0.2, 0) is 20.7 Å². The molecule has 6 nitrogen and oxygen atoms in total. The zero-order valence-corrected chi connectivity index (χ0v) is 13.2. The Hall–Kier alpha value is -2.34. The van der Waals surface area contributed by atoms with Gasteiger partial charge < -0.3 is 19.2 Å². The van der Waals surface area contributed by atoms with E-state index in [1.165, 1.54) is 0 Å². The minimum atomic E-state index is -1.04. The third-order valence-electron chi connectivity index (χ3n) is 4.38. The average molecular weight is 317 g/mol. The Balaban J connectivity index is 1.78. The number of carboxylic acid groups (broad SMARTS) is 1. The summed E-state index contributed by atoms with van der Waals surface area (Å²) >= 11 is 0. The maximum absolute atomic E-state index is 12.5. The van der Waals surface area contributed by atoms with Crippen LogP contribution < -0.4 is 0 Å². The highest BCUT2D eigenvalue weighted by molar-refractivity contribution is 5.90. The first-order valence-corrected chi connectivity index (χ1v) is 7.56. The monoisotopic (exact) mass is 317 g/mol. The van der Waals surface area contributed by atoms with E-state index in [4.69, 9.17) is 14.3 Å². The molecule has 1 atom stereocenters. The van der Waals surface area contributed by atoms with Crippen LogP contribution in [0.4, 0.5) is 0 Å². The molecule has 1 N–H and O–H groups in total. The molecule has 0 spiro atoms. The molecule has 0 bridgehead atoms. The first-order chi connectivity index (χ1) is 11.0. The lowest BCUT2D eigenvalue weighted by atomic mass is 10.0. The number of benzene rings is 1. The van der Waals surface area contributed by atoms with E-state index in [0.29, 0.717) is 6.54 Å². The summed E-state index contributed by atoms with van der Waals surface area (Å²) in [6.45, 7) is 4.75. The van der Waals surface area contributed by atoms with Gasteiger partial charge in [0.25, 0.3) is 0 Å². The van der Waals surface area contributed by atoms with Gasteiger partial charge in [0.15, 0.2) is 6.10 Å². The molecular formula is C17H19NO5. The lowest BCUT2D eigenvalue weighted by Gasteiger charge is -2.30. The van der Waals surface area contributed by atoms with Gasteiger partial charge in [0.05, 0.1) is 25.8 Å². The molecule has 1 aromatic carbocycles. The normalized spacial score (nSPS) is 18.3. The van der Waals surface area contributed by atoms with Gasteiger partial charge in [-0.2, -0.15) is 0 Å². The Kier molecular flexibility index (Phi) is 4.09. The highest BCUT2D eigenvalue weighted by atomic mass is 16.5. The molecule has 2 heterocycles. The number of hydrogen-bond donors (Lipinski definition) is 1. The topological polar surface area (TPSA) is 80.0 Å². The average Bonchev–Trinajstić information content (AvgIpc) is 2.94. The number of carboxylic acids is 1. The molecule has 1 aliphatic rings. The van der Waals surface area contributed by atoms with Crippen LogP contribution in [0.3, 0.4) is 0 Å². The van der Waals surface area contributed by atoms with E-state index in [9.17, 15) is 9.59 Å². The van der Waals surface area contributed by atoms with Gasteiger partial charge in [-0.3, -0.25) is 4.79 Å². The van der Waals surface area contributed by atoms with Crippen molar-refractivity contribution in [3.63, 3.8) is 0 Å².